The van der Waals surface area contributed by atoms with Crippen molar-refractivity contribution in [3.8, 4) is 34.1 Å². The van der Waals surface area contributed by atoms with Crippen LogP contribution in [0.5, 0.6) is 23.0 Å². The largest absolute Gasteiger partial charge is 0.507 e. The number of nitrogens with one attached hydrogen (secondary N) is 2. The van der Waals surface area contributed by atoms with Crippen LogP contribution in [0, 0.1) is 5.92 Å². The molecule has 1 aliphatic heterocycles. The Hall–Kier alpha value is -4.74. The van der Waals surface area contributed by atoms with E-state index in [-0.39, 0.29) is 40.5 Å². The summed E-state index contributed by atoms with van der Waals surface area (Å²) in [4.78, 5) is 49.0. The quantitative estimate of drug-likeness (QED) is 0.297. The Balaban J connectivity index is 1.48. The predicted octanol–water partition coefficient (Wildman–Crippen LogP) is 1.45. The minimum Gasteiger partial charge on any atom is -0.507 e. The molecule has 39 heavy (non-hydrogen) atoms. The van der Waals surface area contributed by atoms with Gasteiger partial charge < -0.3 is 40.1 Å². The van der Waals surface area contributed by atoms with E-state index in [1.807, 2.05) is 13.8 Å². The molecular formula is C27H29N3O9. The highest BCUT2D eigenvalue weighted by molar-refractivity contribution is 5.91. The zero-order valence-corrected chi connectivity index (χ0v) is 21.4. The molecule has 0 saturated heterocycles. The molecule has 1 aliphatic rings. The summed E-state index contributed by atoms with van der Waals surface area (Å²) in [6.07, 6.45) is 1.59. The van der Waals surface area contributed by atoms with Crippen molar-refractivity contribution in [3.63, 3.8) is 0 Å². The first-order chi connectivity index (χ1) is 18.6. The molecule has 0 radical (unpaired) electrons. The molecule has 5 N–H and O–H groups in total. The fraction of sp³-hybridized carbons (Fsp3) is 0.333. The van der Waals surface area contributed by atoms with Gasteiger partial charge in [-0.1, -0.05) is 19.9 Å². The lowest BCUT2D eigenvalue weighted by atomic mass is 10.0. The lowest BCUT2D eigenvalue weighted by Crippen LogP contribution is -2.50. The summed E-state index contributed by atoms with van der Waals surface area (Å²) in [6.45, 7) is 3.75. The third-order valence-corrected chi connectivity index (χ3v) is 5.85. The molecule has 2 heterocycles. The lowest BCUT2D eigenvalue weighted by molar-refractivity contribution is -0.131. The van der Waals surface area contributed by atoms with Gasteiger partial charge in [-0.25, -0.2) is 0 Å². The second-order valence-corrected chi connectivity index (χ2v) is 9.37. The summed E-state index contributed by atoms with van der Waals surface area (Å²) in [5.41, 5.74) is 5.40. The molecule has 12 nitrogen and oxygen atoms in total. The maximum Gasteiger partial charge on any atom is 0.258 e. The lowest BCUT2D eigenvalue weighted by Gasteiger charge is -2.20. The van der Waals surface area contributed by atoms with Gasteiger partial charge in [-0.3, -0.25) is 19.2 Å². The highest BCUT2D eigenvalue weighted by atomic mass is 16.6. The van der Waals surface area contributed by atoms with Crippen molar-refractivity contribution in [2.75, 3.05) is 26.4 Å². The van der Waals surface area contributed by atoms with Gasteiger partial charge in [-0.2, -0.15) is 0 Å². The number of hydrogen-bond acceptors (Lipinski definition) is 9. The fourth-order valence-corrected chi connectivity index (χ4v) is 4.09. The van der Waals surface area contributed by atoms with Gasteiger partial charge >= 0.3 is 0 Å². The number of primary amides is 1. The molecule has 12 heteroatoms. The van der Waals surface area contributed by atoms with E-state index in [1.165, 1.54) is 18.4 Å². The summed E-state index contributed by atoms with van der Waals surface area (Å²) in [7, 11) is 0. The molecule has 3 aromatic rings. The van der Waals surface area contributed by atoms with Gasteiger partial charge in [0.25, 0.3) is 5.91 Å². The summed E-state index contributed by atoms with van der Waals surface area (Å²) in [6, 6.07) is 6.73. The molecule has 3 amide bonds. The van der Waals surface area contributed by atoms with Crippen LogP contribution in [0.3, 0.4) is 0 Å². The van der Waals surface area contributed by atoms with Gasteiger partial charge in [0.05, 0.1) is 12.1 Å². The van der Waals surface area contributed by atoms with Crippen LogP contribution in [0.4, 0.5) is 0 Å². The molecule has 1 aromatic heterocycles. The number of nitrogens with two attached hydrogens (primary N) is 1. The van der Waals surface area contributed by atoms with Crippen LogP contribution in [0.2, 0.25) is 0 Å². The van der Waals surface area contributed by atoms with E-state index in [1.54, 1.807) is 18.2 Å². The summed E-state index contributed by atoms with van der Waals surface area (Å²) >= 11 is 0. The Kier molecular flexibility index (Phi) is 8.23. The van der Waals surface area contributed by atoms with E-state index in [9.17, 15) is 24.3 Å². The van der Waals surface area contributed by atoms with Gasteiger partial charge in [0.1, 0.15) is 48.0 Å². The molecule has 0 saturated carbocycles. The van der Waals surface area contributed by atoms with Gasteiger partial charge in [0, 0.05) is 12.1 Å². The molecule has 2 aromatic carbocycles. The maximum absolute atomic E-state index is 13.2. The highest BCUT2D eigenvalue weighted by Crippen LogP contribution is 2.35. The second-order valence-electron chi connectivity index (χ2n) is 9.37. The van der Waals surface area contributed by atoms with Crippen molar-refractivity contribution in [1.29, 1.82) is 0 Å². The molecule has 206 valence electrons. The summed E-state index contributed by atoms with van der Waals surface area (Å²) < 4.78 is 22.2. The smallest absolute Gasteiger partial charge is 0.258 e. The topological polar surface area (TPSA) is 179 Å². The van der Waals surface area contributed by atoms with Crippen LogP contribution in [0.25, 0.3) is 22.1 Å². The van der Waals surface area contributed by atoms with E-state index in [0.29, 0.717) is 36.7 Å². The van der Waals surface area contributed by atoms with Crippen molar-refractivity contribution in [2.45, 2.75) is 26.3 Å². The predicted molar refractivity (Wildman–Crippen MR) is 140 cm³/mol. The first-order valence-electron chi connectivity index (χ1n) is 12.3. The van der Waals surface area contributed by atoms with Crippen LogP contribution in [0.15, 0.2) is 45.8 Å². The number of ether oxygens (including phenoxy) is 3. The van der Waals surface area contributed by atoms with Crippen molar-refractivity contribution >= 4 is 28.7 Å². The average molecular weight is 540 g/mol. The van der Waals surface area contributed by atoms with Gasteiger partial charge in [0.15, 0.2) is 18.1 Å². The van der Waals surface area contributed by atoms with E-state index < -0.39 is 35.8 Å². The minimum atomic E-state index is -0.901. The van der Waals surface area contributed by atoms with Crippen LogP contribution in [0.1, 0.15) is 20.3 Å². The molecule has 1 unspecified atom stereocenters. The van der Waals surface area contributed by atoms with Crippen LogP contribution in [-0.4, -0.2) is 55.2 Å². The van der Waals surface area contributed by atoms with E-state index in [2.05, 4.69) is 10.6 Å². The number of rotatable bonds is 10. The molecule has 1 atom stereocenters. The average Bonchev–Trinajstić information content (AvgIpc) is 2.89. The maximum atomic E-state index is 13.2. The Morgan fingerprint density at radius 3 is 2.56 bits per heavy atom. The van der Waals surface area contributed by atoms with Crippen molar-refractivity contribution in [2.24, 2.45) is 11.7 Å². The first kappa shape index (κ1) is 27.3. The Morgan fingerprint density at radius 2 is 1.85 bits per heavy atom. The third kappa shape index (κ3) is 6.58. The van der Waals surface area contributed by atoms with Crippen LogP contribution >= 0.6 is 0 Å². The number of amides is 3. The molecule has 4 rings (SSSR count). The number of phenolic OH excluding ortho intramolecular Hbond substituents is 1. The van der Waals surface area contributed by atoms with E-state index in [0.717, 1.165) is 0 Å². The molecule has 0 fully saturated rings. The summed E-state index contributed by atoms with van der Waals surface area (Å²) in [5, 5.41) is 15.5. The third-order valence-electron chi connectivity index (χ3n) is 5.85. The zero-order valence-electron chi connectivity index (χ0n) is 21.4. The Bertz CT molecular complexity index is 1460. The number of fused-ring (bicyclic) bond motifs is 2. The van der Waals surface area contributed by atoms with Crippen molar-refractivity contribution < 1.29 is 38.1 Å². The second kappa shape index (κ2) is 11.8. The molecule has 0 spiro atoms. The minimum absolute atomic E-state index is 0.0534. The van der Waals surface area contributed by atoms with Crippen LogP contribution < -0.4 is 36.0 Å². The van der Waals surface area contributed by atoms with Gasteiger partial charge in [-0.15, -0.1) is 0 Å². The normalized spacial score (nSPS) is 13.1. The fourth-order valence-electron chi connectivity index (χ4n) is 4.09. The number of hydrogen-bond donors (Lipinski definition) is 4. The zero-order chi connectivity index (χ0) is 28.1. The monoisotopic (exact) mass is 539 g/mol. The van der Waals surface area contributed by atoms with Gasteiger partial charge in [-0.05, 0) is 30.0 Å². The number of carbonyl (C=O) groups is 3. The highest BCUT2D eigenvalue weighted by Gasteiger charge is 2.23. The summed E-state index contributed by atoms with van der Waals surface area (Å²) in [5.74, 6) is -1.02. The van der Waals surface area contributed by atoms with Crippen molar-refractivity contribution in [1.82, 2.24) is 10.6 Å². The Morgan fingerprint density at radius 1 is 1.10 bits per heavy atom. The number of phenols is 1. The van der Waals surface area contributed by atoms with Crippen molar-refractivity contribution in [3.05, 3.63) is 46.8 Å². The van der Waals surface area contributed by atoms with Crippen LogP contribution in [-0.2, 0) is 14.4 Å². The SMILES string of the molecule is CC(C)CC(NC(=O)COc1cc(O)c2c(=O)c(-c3ccc4c(c3)OCCO4)coc2c1)C(=O)NCC(N)=O. The van der Waals surface area contributed by atoms with E-state index in [4.69, 9.17) is 24.4 Å². The van der Waals surface area contributed by atoms with Gasteiger partial charge in [0.2, 0.25) is 17.2 Å². The molecule has 0 bridgehead atoms. The Labute approximate surface area is 223 Å². The number of aromatic hydroxyl groups is 1. The number of carbonyl (C=O) groups excluding carboxylic acids is 3. The molecular weight excluding hydrogens is 510 g/mol. The van der Waals surface area contributed by atoms with E-state index >= 15 is 0 Å². The molecule has 0 aliphatic carbocycles. The standard InChI is InChI=1S/C27H29N3O9/c1-14(2)7-18(27(35)29-11-23(28)32)30-24(33)13-38-16-9-19(31)25-22(10-16)39-12-17(26(25)34)15-3-4-20-21(8-15)37-6-5-36-20/h3-4,8-10,12,14,18,31H,5-7,11,13H2,1-2H3,(H2,28,32)(H,29,35)(H,30,33). The first-order valence-corrected chi connectivity index (χ1v) is 12.3. The number of benzene rings is 2.